The van der Waals surface area contributed by atoms with E-state index in [1.807, 2.05) is 35.9 Å². The number of aliphatic hydroxyl groups excluding tert-OH is 1. The first-order valence-electron chi connectivity index (χ1n) is 8.43. The van der Waals surface area contributed by atoms with Crippen LogP contribution in [0.25, 0.3) is 16.6 Å². The number of anilines is 1. The van der Waals surface area contributed by atoms with Crippen LogP contribution in [0.5, 0.6) is 0 Å². The lowest BCUT2D eigenvalue weighted by molar-refractivity contribution is 0.420. The molecule has 3 aromatic rings. The van der Waals surface area contributed by atoms with Crippen molar-refractivity contribution in [3.8, 4) is 6.07 Å². The Bertz CT molecular complexity index is 1010. The number of nitrogens with one attached hydrogen (secondary N) is 1. The number of aryl methyl sites for hydroxylation is 1. The molecule has 0 unspecified atom stereocenters. The number of hydrogen-bond donors (Lipinski definition) is 2. The Morgan fingerprint density at radius 2 is 2.15 bits per heavy atom. The molecule has 0 amide bonds. The van der Waals surface area contributed by atoms with Gasteiger partial charge in [-0.3, -0.25) is 0 Å². The summed E-state index contributed by atoms with van der Waals surface area (Å²) in [5.41, 5.74) is 1.86. The van der Waals surface area contributed by atoms with E-state index in [0.29, 0.717) is 11.7 Å². The average Bonchev–Trinajstić information content (AvgIpc) is 3.24. The first kappa shape index (κ1) is 19.2. The Labute approximate surface area is 165 Å². The summed E-state index contributed by atoms with van der Waals surface area (Å²) in [7, 11) is 1.83. The molecular formula is C18H20N6OS2. The van der Waals surface area contributed by atoms with Crippen molar-refractivity contribution in [2.45, 2.75) is 18.2 Å². The summed E-state index contributed by atoms with van der Waals surface area (Å²) >= 11 is 2.77. The fourth-order valence-electron chi connectivity index (χ4n) is 2.45. The van der Waals surface area contributed by atoms with Gasteiger partial charge in [0.05, 0.1) is 16.8 Å². The van der Waals surface area contributed by atoms with E-state index in [2.05, 4.69) is 40.4 Å². The molecule has 0 aliphatic carbocycles. The lowest BCUT2D eigenvalue weighted by Gasteiger charge is -2.04. The van der Waals surface area contributed by atoms with Crippen molar-refractivity contribution in [3.63, 3.8) is 0 Å². The van der Waals surface area contributed by atoms with Crippen molar-refractivity contribution in [3.05, 3.63) is 35.8 Å². The summed E-state index contributed by atoms with van der Waals surface area (Å²) in [5.74, 6) is 1.18. The van der Waals surface area contributed by atoms with Crippen LogP contribution in [0.15, 0.2) is 34.4 Å². The SMILES string of the molecule is CC(C)CNc1nnc(SC/C(O)=C(\C#N)c2nc3ccccc3n2C)s1. The molecule has 2 heterocycles. The van der Waals surface area contributed by atoms with Gasteiger partial charge in [0.1, 0.15) is 17.4 Å². The molecule has 2 N–H and O–H groups in total. The zero-order chi connectivity index (χ0) is 19.4. The Kier molecular flexibility index (Phi) is 5.98. The number of benzene rings is 1. The third-order valence-corrected chi connectivity index (χ3v) is 5.84. The first-order valence-corrected chi connectivity index (χ1v) is 10.2. The summed E-state index contributed by atoms with van der Waals surface area (Å²) in [6.45, 7) is 5.07. The highest BCUT2D eigenvalue weighted by Gasteiger charge is 2.17. The number of para-hydroxylation sites is 2. The number of fused-ring (bicyclic) bond motifs is 1. The molecule has 27 heavy (non-hydrogen) atoms. The molecule has 3 rings (SSSR count). The van der Waals surface area contributed by atoms with E-state index in [9.17, 15) is 10.4 Å². The molecule has 0 spiro atoms. The Morgan fingerprint density at radius 1 is 1.37 bits per heavy atom. The van der Waals surface area contributed by atoms with E-state index >= 15 is 0 Å². The zero-order valence-corrected chi connectivity index (χ0v) is 16.9. The van der Waals surface area contributed by atoms with E-state index in [0.717, 1.165) is 27.0 Å². The van der Waals surface area contributed by atoms with Gasteiger partial charge in [-0.25, -0.2) is 4.98 Å². The number of nitriles is 1. The molecule has 9 heteroatoms. The minimum Gasteiger partial charge on any atom is -0.510 e. The number of imidazole rings is 1. The van der Waals surface area contributed by atoms with Crippen LogP contribution in [0.3, 0.4) is 0 Å². The molecule has 0 saturated heterocycles. The number of rotatable bonds is 7. The van der Waals surface area contributed by atoms with Crippen LogP contribution in [0, 0.1) is 17.2 Å². The maximum Gasteiger partial charge on any atom is 0.206 e. The second-order valence-corrected chi connectivity index (χ2v) is 8.55. The fraction of sp³-hybridized carbons (Fsp3) is 0.333. The van der Waals surface area contributed by atoms with Gasteiger partial charge in [0, 0.05) is 13.6 Å². The molecule has 140 valence electrons. The molecule has 0 bridgehead atoms. The van der Waals surface area contributed by atoms with Gasteiger partial charge in [-0.1, -0.05) is 49.1 Å². The lowest BCUT2D eigenvalue weighted by atomic mass is 10.2. The molecule has 0 aliphatic rings. The van der Waals surface area contributed by atoms with E-state index < -0.39 is 0 Å². The van der Waals surface area contributed by atoms with Gasteiger partial charge in [-0.2, -0.15) is 5.26 Å². The number of hydrogen-bond acceptors (Lipinski definition) is 8. The summed E-state index contributed by atoms with van der Waals surface area (Å²) in [6, 6.07) is 9.70. The van der Waals surface area contributed by atoms with E-state index in [4.69, 9.17) is 0 Å². The molecule has 1 aromatic carbocycles. The van der Waals surface area contributed by atoms with E-state index in [1.54, 1.807) is 0 Å². The first-order chi connectivity index (χ1) is 13.0. The third-order valence-electron chi connectivity index (χ3n) is 3.81. The van der Waals surface area contributed by atoms with Crippen LogP contribution >= 0.6 is 23.1 Å². The number of nitrogens with zero attached hydrogens (tertiary/aromatic N) is 5. The minimum atomic E-state index is -0.0206. The lowest BCUT2D eigenvalue weighted by Crippen LogP contribution is -2.07. The topological polar surface area (TPSA) is 99.7 Å². The van der Waals surface area contributed by atoms with Crippen molar-refractivity contribution < 1.29 is 5.11 Å². The predicted molar refractivity (Wildman–Crippen MR) is 110 cm³/mol. The van der Waals surface area contributed by atoms with Crippen LogP contribution in [0.2, 0.25) is 0 Å². The molecule has 0 atom stereocenters. The normalized spacial score (nSPS) is 12.3. The number of allylic oxidation sites excluding steroid dienone is 1. The van der Waals surface area contributed by atoms with Gasteiger partial charge >= 0.3 is 0 Å². The second kappa shape index (κ2) is 8.41. The largest absolute Gasteiger partial charge is 0.510 e. The van der Waals surface area contributed by atoms with Crippen molar-refractivity contribution in [1.29, 1.82) is 5.26 Å². The standard InChI is InChI=1S/C18H20N6OS2/c1-11(2)9-20-17-22-23-18(27-17)26-10-15(25)12(8-19)16-21-13-6-4-5-7-14(13)24(16)3/h4-7,11,25H,9-10H2,1-3H3,(H,20,22)/b15-12-. The van der Waals surface area contributed by atoms with Gasteiger partial charge in [0.25, 0.3) is 0 Å². The maximum atomic E-state index is 10.5. The quantitative estimate of drug-likeness (QED) is 0.350. The Hall–Kier alpha value is -2.57. The van der Waals surface area contributed by atoms with Crippen LogP contribution in [0.1, 0.15) is 19.7 Å². The second-order valence-electron chi connectivity index (χ2n) is 6.35. The smallest absolute Gasteiger partial charge is 0.206 e. The predicted octanol–water partition coefficient (Wildman–Crippen LogP) is 4.08. The molecule has 0 fully saturated rings. The molecule has 0 radical (unpaired) electrons. The van der Waals surface area contributed by atoms with Crippen LogP contribution < -0.4 is 5.32 Å². The molecule has 7 nitrogen and oxygen atoms in total. The highest BCUT2D eigenvalue weighted by atomic mass is 32.2. The van der Waals surface area contributed by atoms with Gasteiger partial charge in [-0.05, 0) is 18.1 Å². The van der Waals surface area contributed by atoms with E-state index in [1.165, 1.54) is 23.1 Å². The van der Waals surface area contributed by atoms with Crippen molar-refractivity contribution in [1.82, 2.24) is 19.7 Å². The zero-order valence-electron chi connectivity index (χ0n) is 15.3. The number of aliphatic hydroxyl groups is 1. The summed E-state index contributed by atoms with van der Waals surface area (Å²) in [6.07, 6.45) is 0. The molecule has 0 saturated carbocycles. The summed E-state index contributed by atoms with van der Waals surface area (Å²) in [5, 5.41) is 32.2. The highest BCUT2D eigenvalue weighted by molar-refractivity contribution is 8.01. The fourth-order valence-corrected chi connectivity index (χ4v) is 4.08. The van der Waals surface area contributed by atoms with Crippen LogP contribution in [-0.2, 0) is 7.05 Å². The van der Waals surface area contributed by atoms with E-state index in [-0.39, 0.29) is 17.1 Å². The van der Waals surface area contributed by atoms with Gasteiger partial charge in [0.15, 0.2) is 10.2 Å². The van der Waals surface area contributed by atoms with Crippen LogP contribution in [0.4, 0.5) is 5.13 Å². The van der Waals surface area contributed by atoms with Crippen molar-refractivity contribution in [2.75, 3.05) is 17.6 Å². The third kappa shape index (κ3) is 4.40. The summed E-state index contributed by atoms with van der Waals surface area (Å²) < 4.78 is 2.54. The monoisotopic (exact) mass is 400 g/mol. The maximum absolute atomic E-state index is 10.5. The van der Waals surface area contributed by atoms with Gasteiger partial charge < -0.3 is 15.0 Å². The molecular weight excluding hydrogens is 380 g/mol. The van der Waals surface area contributed by atoms with Crippen molar-refractivity contribution >= 4 is 44.8 Å². The molecule has 2 aromatic heterocycles. The van der Waals surface area contributed by atoms with Gasteiger partial charge in [-0.15, -0.1) is 10.2 Å². The van der Waals surface area contributed by atoms with Crippen LogP contribution in [-0.4, -0.2) is 37.2 Å². The summed E-state index contributed by atoms with van der Waals surface area (Å²) in [4.78, 5) is 4.48. The Balaban J connectivity index is 1.76. The van der Waals surface area contributed by atoms with Crippen molar-refractivity contribution in [2.24, 2.45) is 13.0 Å². The van der Waals surface area contributed by atoms with Gasteiger partial charge in [0.2, 0.25) is 5.13 Å². The average molecular weight is 401 g/mol. The number of thioether (sulfide) groups is 1. The number of aromatic nitrogens is 4. The highest BCUT2D eigenvalue weighted by Crippen LogP contribution is 2.29. The molecule has 0 aliphatic heterocycles. The minimum absolute atomic E-state index is 0.0206. The Morgan fingerprint density at radius 3 is 2.85 bits per heavy atom.